The summed E-state index contributed by atoms with van der Waals surface area (Å²) < 4.78 is 18.2. The predicted molar refractivity (Wildman–Crippen MR) is 76.3 cm³/mol. The second-order valence-corrected chi connectivity index (χ2v) is 5.31. The number of halogens is 1. The normalized spacial score (nSPS) is 12.9. The third-order valence-corrected chi connectivity index (χ3v) is 2.94. The van der Waals surface area contributed by atoms with E-state index in [-0.39, 0.29) is 17.8 Å². The van der Waals surface area contributed by atoms with Crippen LogP contribution in [0.4, 0.5) is 4.39 Å². The van der Waals surface area contributed by atoms with Gasteiger partial charge in [0.05, 0.1) is 18.9 Å². The minimum Gasteiger partial charge on any atom is -0.377 e. The van der Waals surface area contributed by atoms with E-state index < -0.39 is 5.82 Å². The highest BCUT2D eigenvalue weighted by molar-refractivity contribution is 5.95. The molecule has 0 fully saturated rings. The summed E-state index contributed by atoms with van der Waals surface area (Å²) in [5.41, 5.74) is 0.311. The molecular formula is C15H23FN2O2. The number of Topliss-reactive ketones (excluding diaryl/α,β-unsaturated/α-hetero) is 1. The summed E-state index contributed by atoms with van der Waals surface area (Å²) in [6.07, 6.45) is 1.28. The van der Waals surface area contributed by atoms with Crippen molar-refractivity contribution in [1.29, 1.82) is 0 Å². The Bertz CT molecular complexity index is 420. The number of likely N-dealkylation sites (N-methyl/N-ethyl adjacent to an activating group) is 1. The number of nitrogens with zero attached hydrogens (tertiary/aromatic N) is 2. The molecule has 0 radical (unpaired) electrons. The average molecular weight is 282 g/mol. The molecule has 1 rings (SSSR count). The number of aromatic nitrogens is 1. The average Bonchev–Trinajstić information content (AvgIpc) is 2.38. The first-order valence-electron chi connectivity index (χ1n) is 6.86. The Morgan fingerprint density at radius 3 is 2.65 bits per heavy atom. The lowest BCUT2D eigenvalue weighted by Gasteiger charge is -2.20. The van der Waals surface area contributed by atoms with Crippen molar-refractivity contribution < 1.29 is 13.9 Å². The van der Waals surface area contributed by atoms with Gasteiger partial charge in [-0.15, -0.1) is 0 Å². The number of pyridine rings is 1. The Balaban J connectivity index is 2.43. The number of carbonyl (C=O) groups excluding carboxylic acids is 1. The summed E-state index contributed by atoms with van der Waals surface area (Å²) >= 11 is 0. The Hall–Kier alpha value is -1.33. The van der Waals surface area contributed by atoms with Gasteiger partial charge in [-0.1, -0.05) is 6.92 Å². The lowest BCUT2D eigenvalue weighted by Crippen LogP contribution is -2.32. The Labute approximate surface area is 120 Å². The Kier molecular flexibility index (Phi) is 6.75. The van der Waals surface area contributed by atoms with Gasteiger partial charge in [0, 0.05) is 19.0 Å². The molecule has 0 bridgehead atoms. The van der Waals surface area contributed by atoms with Gasteiger partial charge in [0.1, 0.15) is 11.5 Å². The smallest absolute Gasteiger partial charge is 0.185 e. The van der Waals surface area contributed by atoms with Crippen molar-refractivity contribution in [2.45, 2.75) is 26.9 Å². The van der Waals surface area contributed by atoms with Crippen LogP contribution in [-0.4, -0.2) is 48.5 Å². The molecule has 1 unspecified atom stereocenters. The van der Waals surface area contributed by atoms with Crippen LogP contribution in [0, 0.1) is 11.7 Å². The van der Waals surface area contributed by atoms with E-state index in [2.05, 4.69) is 9.88 Å². The molecule has 0 N–H and O–H groups in total. The molecule has 1 aromatic rings. The van der Waals surface area contributed by atoms with E-state index in [1.807, 2.05) is 27.8 Å². The van der Waals surface area contributed by atoms with E-state index >= 15 is 0 Å². The fraction of sp³-hybridized carbons (Fsp3) is 0.600. The van der Waals surface area contributed by atoms with Gasteiger partial charge < -0.3 is 9.64 Å². The molecule has 1 heterocycles. The first kappa shape index (κ1) is 16.7. The number of rotatable bonds is 8. The molecule has 0 amide bonds. The lowest BCUT2D eigenvalue weighted by atomic mass is 10.0. The zero-order valence-corrected chi connectivity index (χ0v) is 12.6. The fourth-order valence-electron chi connectivity index (χ4n) is 1.86. The lowest BCUT2D eigenvalue weighted by molar-refractivity contribution is 0.0599. The third-order valence-electron chi connectivity index (χ3n) is 2.94. The Morgan fingerprint density at radius 2 is 2.10 bits per heavy atom. The van der Waals surface area contributed by atoms with Crippen molar-refractivity contribution in [3.05, 3.63) is 29.8 Å². The number of ether oxygens (including phenoxy) is 1. The van der Waals surface area contributed by atoms with Crippen molar-refractivity contribution >= 4 is 5.78 Å². The fourth-order valence-corrected chi connectivity index (χ4v) is 1.86. The van der Waals surface area contributed by atoms with Gasteiger partial charge >= 0.3 is 0 Å². The molecule has 4 nitrogen and oxygen atoms in total. The first-order chi connectivity index (χ1) is 9.40. The molecule has 5 heteroatoms. The first-order valence-corrected chi connectivity index (χ1v) is 6.86. The maximum Gasteiger partial charge on any atom is 0.185 e. The quantitative estimate of drug-likeness (QED) is 0.687. The summed E-state index contributed by atoms with van der Waals surface area (Å²) in [6.45, 7) is 7.88. The van der Waals surface area contributed by atoms with E-state index in [1.165, 1.54) is 12.1 Å². The highest BCUT2D eigenvalue weighted by Crippen LogP contribution is 2.08. The molecule has 20 heavy (non-hydrogen) atoms. The molecule has 0 spiro atoms. The second-order valence-electron chi connectivity index (χ2n) is 5.31. The minimum absolute atomic E-state index is 0.0679. The van der Waals surface area contributed by atoms with E-state index in [4.69, 9.17) is 4.74 Å². The Morgan fingerprint density at radius 1 is 1.40 bits per heavy atom. The molecule has 1 atom stereocenters. The molecular weight excluding hydrogens is 259 g/mol. The summed E-state index contributed by atoms with van der Waals surface area (Å²) in [6, 6.07) is 2.68. The standard InChI is InChI=1S/C15H23FN2O2/c1-11(2)20-8-7-18(4)10-12(3)15(19)14-6-5-13(16)9-17-14/h5-6,9,11-12H,7-8,10H2,1-4H3. The minimum atomic E-state index is -0.433. The largest absolute Gasteiger partial charge is 0.377 e. The number of hydrogen-bond acceptors (Lipinski definition) is 4. The molecule has 0 aromatic carbocycles. The number of ketones is 1. The van der Waals surface area contributed by atoms with Gasteiger partial charge in [-0.25, -0.2) is 4.39 Å². The van der Waals surface area contributed by atoms with Gasteiger partial charge in [0.25, 0.3) is 0 Å². The second kappa shape index (κ2) is 8.07. The van der Waals surface area contributed by atoms with Gasteiger partial charge in [-0.3, -0.25) is 9.78 Å². The summed E-state index contributed by atoms with van der Waals surface area (Å²) in [5.74, 6) is -0.684. The van der Waals surface area contributed by atoms with E-state index in [9.17, 15) is 9.18 Å². The van der Waals surface area contributed by atoms with Crippen LogP contribution >= 0.6 is 0 Å². The van der Waals surface area contributed by atoms with Crippen LogP contribution < -0.4 is 0 Å². The van der Waals surface area contributed by atoms with E-state index in [1.54, 1.807) is 0 Å². The zero-order chi connectivity index (χ0) is 15.1. The summed E-state index contributed by atoms with van der Waals surface area (Å²) in [4.78, 5) is 18.0. The topological polar surface area (TPSA) is 42.4 Å². The predicted octanol–water partition coefficient (Wildman–Crippen LogP) is 2.40. The van der Waals surface area contributed by atoms with Crippen molar-refractivity contribution in [2.75, 3.05) is 26.7 Å². The van der Waals surface area contributed by atoms with Crippen molar-refractivity contribution in [3.63, 3.8) is 0 Å². The van der Waals surface area contributed by atoms with E-state index in [0.717, 1.165) is 12.7 Å². The van der Waals surface area contributed by atoms with Crippen molar-refractivity contribution in [2.24, 2.45) is 5.92 Å². The van der Waals surface area contributed by atoms with Gasteiger partial charge in [0.2, 0.25) is 0 Å². The maximum atomic E-state index is 12.8. The highest BCUT2D eigenvalue weighted by Gasteiger charge is 2.18. The van der Waals surface area contributed by atoms with Crippen LogP contribution in [0.1, 0.15) is 31.3 Å². The zero-order valence-electron chi connectivity index (χ0n) is 12.6. The van der Waals surface area contributed by atoms with Gasteiger partial charge in [0.15, 0.2) is 5.78 Å². The summed E-state index contributed by atoms with van der Waals surface area (Å²) in [7, 11) is 1.95. The molecule has 0 aliphatic carbocycles. The monoisotopic (exact) mass is 282 g/mol. The van der Waals surface area contributed by atoms with Crippen LogP contribution in [-0.2, 0) is 4.74 Å². The van der Waals surface area contributed by atoms with Crippen LogP contribution in [0.2, 0.25) is 0 Å². The molecule has 0 aliphatic heterocycles. The molecule has 0 aliphatic rings. The van der Waals surface area contributed by atoms with Crippen LogP contribution in [0.25, 0.3) is 0 Å². The highest BCUT2D eigenvalue weighted by atomic mass is 19.1. The molecule has 0 saturated carbocycles. The number of hydrogen-bond donors (Lipinski definition) is 0. The molecule has 1 aromatic heterocycles. The van der Waals surface area contributed by atoms with Gasteiger partial charge in [-0.05, 0) is 33.0 Å². The van der Waals surface area contributed by atoms with E-state index in [0.29, 0.717) is 18.8 Å². The van der Waals surface area contributed by atoms with Crippen molar-refractivity contribution in [1.82, 2.24) is 9.88 Å². The van der Waals surface area contributed by atoms with Crippen LogP contribution in [0.15, 0.2) is 18.3 Å². The SMILES string of the molecule is CC(C)OCCN(C)CC(C)C(=O)c1ccc(F)cn1. The van der Waals surface area contributed by atoms with Crippen LogP contribution in [0.5, 0.6) is 0 Å². The molecule has 112 valence electrons. The third kappa shape index (κ3) is 5.75. The van der Waals surface area contributed by atoms with Gasteiger partial charge in [-0.2, -0.15) is 0 Å². The maximum absolute atomic E-state index is 12.8. The van der Waals surface area contributed by atoms with Crippen molar-refractivity contribution in [3.8, 4) is 0 Å². The summed E-state index contributed by atoms with van der Waals surface area (Å²) in [5, 5.41) is 0. The molecule has 0 saturated heterocycles. The van der Waals surface area contributed by atoms with Crippen LogP contribution in [0.3, 0.4) is 0 Å². The number of carbonyl (C=O) groups is 1.